The van der Waals surface area contributed by atoms with Crippen molar-refractivity contribution in [3.63, 3.8) is 0 Å². The minimum absolute atomic E-state index is 0.0899. The molecule has 0 saturated heterocycles. The van der Waals surface area contributed by atoms with Gasteiger partial charge in [-0.25, -0.2) is 0 Å². The third kappa shape index (κ3) is 5.53. The molecule has 1 atom stereocenters. The van der Waals surface area contributed by atoms with Crippen molar-refractivity contribution in [2.45, 2.75) is 32.2 Å². The summed E-state index contributed by atoms with van der Waals surface area (Å²) in [6.07, 6.45) is 2.20. The van der Waals surface area contributed by atoms with Gasteiger partial charge in [0.1, 0.15) is 0 Å². The van der Waals surface area contributed by atoms with Crippen LogP contribution in [-0.2, 0) is 0 Å². The Balaban J connectivity index is 2.86. The van der Waals surface area contributed by atoms with Crippen LogP contribution < -0.4 is 11.1 Å². The maximum atomic E-state index is 12.5. The molecule has 0 fully saturated rings. The van der Waals surface area contributed by atoms with Crippen molar-refractivity contribution in [3.05, 3.63) is 34.9 Å². The molecule has 3 N–H and O–H groups in total. The van der Waals surface area contributed by atoms with E-state index in [9.17, 15) is 4.79 Å². The molecule has 0 saturated carbocycles. The van der Waals surface area contributed by atoms with E-state index in [1.54, 1.807) is 24.3 Å². The number of rotatable bonds is 7. The van der Waals surface area contributed by atoms with Crippen LogP contribution in [0.15, 0.2) is 24.3 Å². The zero-order valence-electron chi connectivity index (χ0n) is 11.2. The molecule has 0 amide bonds. The normalized spacial score (nSPS) is 11.7. The minimum atomic E-state index is -0.521. The van der Waals surface area contributed by atoms with Crippen LogP contribution in [0.5, 0.6) is 0 Å². The van der Waals surface area contributed by atoms with Gasteiger partial charge >= 0.3 is 0 Å². The van der Waals surface area contributed by atoms with E-state index in [0.29, 0.717) is 17.0 Å². The standard InChI is InChI=1S/C14H17ClN2OS2/c1-2-3-11(19)8-12(17-14(16)20)13(18)9-4-6-10(15)7-5-9/h4-7,12H,2-3,8H2,1H3,(H3,16,17,20). The third-order valence-electron chi connectivity index (χ3n) is 2.72. The number of Topliss-reactive ketones (excluding diaryl/α,β-unsaturated/α-hetero) is 1. The molecule has 1 aromatic carbocycles. The summed E-state index contributed by atoms with van der Waals surface area (Å²) in [5.41, 5.74) is 6.04. The number of thiocarbonyl (C=S) groups is 2. The van der Waals surface area contributed by atoms with Gasteiger partial charge in [0.15, 0.2) is 10.9 Å². The summed E-state index contributed by atoms with van der Waals surface area (Å²) < 4.78 is 0. The molecule has 1 rings (SSSR count). The van der Waals surface area contributed by atoms with E-state index in [4.69, 9.17) is 41.8 Å². The topological polar surface area (TPSA) is 55.1 Å². The number of benzene rings is 1. The highest BCUT2D eigenvalue weighted by molar-refractivity contribution is 7.80. The van der Waals surface area contributed by atoms with E-state index in [0.717, 1.165) is 17.7 Å². The monoisotopic (exact) mass is 328 g/mol. The van der Waals surface area contributed by atoms with Crippen molar-refractivity contribution in [2.24, 2.45) is 5.73 Å². The van der Waals surface area contributed by atoms with Gasteiger partial charge in [-0.2, -0.15) is 0 Å². The van der Waals surface area contributed by atoms with Gasteiger partial charge in [0, 0.05) is 17.0 Å². The fraction of sp³-hybridized carbons (Fsp3) is 0.357. The molecule has 0 bridgehead atoms. The Morgan fingerprint density at radius 2 is 1.95 bits per heavy atom. The van der Waals surface area contributed by atoms with E-state index >= 15 is 0 Å². The number of hydrogen-bond donors (Lipinski definition) is 2. The number of hydrogen-bond acceptors (Lipinski definition) is 3. The lowest BCUT2D eigenvalue weighted by Gasteiger charge is -2.18. The van der Waals surface area contributed by atoms with E-state index in [1.165, 1.54) is 0 Å². The van der Waals surface area contributed by atoms with Crippen molar-refractivity contribution in [1.29, 1.82) is 0 Å². The van der Waals surface area contributed by atoms with Crippen LogP contribution in [0.2, 0.25) is 5.02 Å². The molecule has 0 aliphatic carbocycles. The molecule has 1 unspecified atom stereocenters. The van der Waals surface area contributed by atoms with Crippen molar-refractivity contribution in [2.75, 3.05) is 0 Å². The SMILES string of the molecule is CCCC(=S)CC(NC(N)=S)C(=O)c1ccc(Cl)cc1. The maximum Gasteiger partial charge on any atom is 0.185 e. The van der Waals surface area contributed by atoms with Gasteiger partial charge in [0.2, 0.25) is 0 Å². The molecular weight excluding hydrogens is 312 g/mol. The van der Waals surface area contributed by atoms with Gasteiger partial charge in [-0.1, -0.05) is 37.2 Å². The molecule has 6 heteroatoms. The van der Waals surface area contributed by atoms with E-state index in [-0.39, 0.29) is 10.9 Å². The second-order valence-electron chi connectivity index (χ2n) is 4.43. The van der Waals surface area contributed by atoms with E-state index in [1.807, 2.05) is 6.92 Å². The number of nitrogens with two attached hydrogens (primary N) is 1. The molecule has 108 valence electrons. The fourth-order valence-electron chi connectivity index (χ4n) is 1.80. The van der Waals surface area contributed by atoms with Crippen molar-refractivity contribution >= 4 is 51.8 Å². The summed E-state index contributed by atoms with van der Waals surface area (Å²) in [4.78, 5) is 13.3. The zero-order valence-corrected chi connectivity index (χ0v) is 13.6. The Bertz CT molecular complexity index is 502. The summed E-state index contributed by atoms with van der Waals surface area (Å²) >= 11 is 15.9. The summed E-state index contributed by atoms with van der Waals surface area (Å²) in [5, 5.41) is 3.50. The molecule has 3 nitrogen and oxygen atoms in total. The van der Waals surface area contributed by atoms with Gasteiger partial charge in [-0.05, 0) is 47.8 Å². The summed E-state index contributed by atoms with van der Waals surface area (Å²) in [7, 11) is 0. The van der Waals surface area contributed by atoms with E-state index in [2.05, 4.69) is 5.32 Å². The Hall–Kier alpha value is -1.04. The lowest BCUT2D eigenvalue weighted by Crippen LogP contribution is -2.44. The van der Waals surface area contributed by atoms with Gasteiger partial charge in [0.25, 0.3) is 0 Å². The van der Waals surface area contributed by atoms with Crippen LogP contribution in [0.4, 0.5) is 0 Å². The van der Waals surface area contributed by atoms with Gasteiger partial charge in [0.05, 0.1) is 6.04 Å². The highest BCUT2D eigenvalue weighted by atomic mass is 35.5. The van der Waals surface area contributed by atoms with Crippen LogP contribution in [-0.4, -0.2) is 21.8 Å². The third-order valence-corrected chi connectivity index (χ3v) is 3.46. The molecule has 0 radical (unpaired) electrons. The molecule has 0 aliphatic rings. The van der Waals surface area contributed by atoms with Crippen molar-refractivity contribution in [1.82, 2.24) is 5.32 Å². The first-order chi connectivity index (χ1) is 9.43. The second kappa shape index (κ2) is 8.29. The Morgan fingerprint density at radius 1 is 1.35 bits per heavy atom. The summed E-state index contributed by atoms with van der Waals surface area (Å²) in [5.74, 6) is -0.0899. The van der Waals surface area contributed by atoms with Crippen molar-refractivity contribution < 1.29 is 4.79 Å². The number of carbonyl (C=O) groups is 1. The number of carbonyl (C=O) groups excluding carboxylic acids is 1. The molecule has 0 spiro atoms. The van der Waals surface area contributed by atoms with Crippen LogP contribution in [0.25, 0.3) is 0 Å². The van der Waals surface area contributed by atoms with Crippen LogP contribution in [0.1, 0.15) is 36.5 Å². The first-order valence-electron chi connectivity index (χ1n) is 6.31. The Kier molecular flexibility index (Phi) is 7.05. The Labute approximate surface area is 134 Å². The smallest absolute Gasteiger partial charge is 0.185 e. The van der Waals surface area contributed by atoms with Gasteiger partial charge in [-0.3, -0.25) is 4.79 Å². The molecule has 0 aromatic heterocycles. The Morgan fingerprint density at radius 3 is 2.45 bits per heavy atom. The first-order valence-corrected chi connectivity index (χ1v) is 7.51. The second-order valence-corrected chi connectivity index (χ2v) is 5.88. The molecule has 20 heavy (non-hydrogen) atoms. The lowest BCUT2D eigenvalue weighted by molar-refractivity contribution is 0.0955. The highest BCUT2D eigenvalue weighted by Gasteiger charge is 2.21. The first kappa shape index (κ1) is 17.0. The van der Waals surface area contributed by atoms with Gasteiger partial charge in [-0.15, -0.1) is 0 Å². The summed E-state index contributed by atoms with van der Waals surface area (Å²) in [6.45, 7) is 2.04. The zero-order chi connectivity index (χ0) is 15.1. The molecular formula is C14H17ClN2OS2. The summed E-state index contributed by atoms with van der Waals surface area (Å²) in [6, 6.07) is 6.20. The molecule has 0 heterocycles. The average Bonchev–Trinajstić information content (AvgIpc) is 2.38. The van der Waals surface area contributed by atoms with Crippen LogP contribution >= 0.6 is 36.0 Å². The molecule has 1 aromatic rings. The predicted octanol–water partition coefficient (Wildman–Crippen LogP) is 3.28. The van der Waals surface area contributed by atoms with E-state index < -0.39 is 6.04 Å². The maximum absolute atomic E-state index is 12.5. The number of ketones is 1. The highest BCUT2D eigenvalue weighted by Crippen LogP contribution is 2.13. The average molecular weight is 329 g/mol. The quantitative estimate of drug-likeness (QED) is 0.594. The minimum Gasteiger partial charge on any atom is -0.376 e. The van der Waals surface area contributed by atoms with Crippen LogP contribution in [0, 0.1) is 0 Å². The van der Waals surface area contributed by atoms with Crippen LogP contribution in [0.3, 0.4) is 0 Å². The largest absolute Gasteiger partial charge is 0.376 e. The predicted molar refractivity (Wildman–Crippen MR) is 91.6 cm³/mol. The lowest BCUT2D eigenvalue weighted by atomic mass is 9.99. The number of halogens is 1. The fourth-order valence-corrected chi connectivity index (χ4v) is 2.44. The number of nitrogens with one attached hydrogen (secondary N) is 1. The van der Waals surface area contributed by atoms with Gasteiger partial charge < -0.3 is 11.1 Å². The van der Waals surface area contributed by atoms with Crippen molar-refractivity contribution in [3.8, 4) is 0 Å². The molecule has 0 aliphatic heterocycles.